The van der Waals surface area contributed by atoms with Gasteiger partial charge in [-0.1, -0.05) is 18.2 Å². The normalized spacial score (nSPS) is 22.2. The van der Waals surface area contributed by atoms with E-state index in [1.165, 1.54) is 6.07 Å². The second kappa shape index (κ2) is 8.85. The minimum Gasteiger partial charge on any atom is -0.472 e. The summed E-state index contributed by atoms with van der Waals surface area (Å²) in [5.41, 5.74) is -1.09. The molecular formula is C22H21F6N3O2. The van der Waals surface area contributed by atoms with Crippen molar-refractivity contribution in [3.05, 3.63) is 59.3 Å². The van der Waals surface area contributed by atoms with Crippen molar-refractivity contribution in [3.8, 4) is 5.88 Å². The fourth-order valence-electron chi connectivity index (χ4n) is 4.26. The average Bonchev–Trinajstić information content (AvgIpc) is 3.07. The van der Waals surface area contributed by atoms with E-state index in [0.29, 0.717) is 31.3 Å². The van der Waals surface area contributed by atoms with Crippen LogP contribution in [0.4, 0.5) is 26.3 Å². The first kappa shape index (κ1) is 23.3. The standard InChI is InChI=1S/C22H21F6N3O2/c23-21(24,25)15-3-1-2-14(8-15)11-30-7-6-20(32)31-13-18(9-17(31)12-30)33-19-5-4-16(10-29-19)22(26,27)28/h1-5,8,10,17-18H,6-7,9,11-13H2/t17-,18+/m1/s1. The average molecular weight is 473 g/mol. The molecule has 2 fully saturated rings. The van der Waals surface area contributed by atoms with Crippen LogP contribution in [-0.4, -0.2) is 52.5 Å². The highest BCUT2D eigenvalue weighted by molar-refractivity contribution is 5.77. The van der Waals surface area contributed by atoms with E-state index in [1.807, 2.05) is 4.90 Å². The van der Waals surface area contributed by atoms with Crippen molar-refractivity contribution in [2.24, 2.45) is 0 Å². The third kappa shape index (κ3) is 5.58. The molecule has 178 valence electrons. The first-order valence-corrected chi connectivity index (χ1v) is 10.4. The molecule has 0 bridgehead atoms. The van der Waals surface area contributed by atoms with Gasteiger partial charge in [-0.15, -0.1) is 0 Å². The van der Waals surface area contributed by atoms with Crippen molar-refractivity contribution in [1.82, 2.24) is 14.8 Å². The van der Waals surface area contributed by atoms with Crippen LogP contribution in [-0.2, 0) is 23.7 Å². The predicted octanol–water partition coefficient (Wildman–Crippen LogP) is 4.37. The minimum atomic E-state index is -4.49. The monoisotopic (exact) mass is 473 g/mol. The summed E-state index contributed by atoms with van der Waals surface area (Å²) in [6.07, 6.45) is -7.98. The molecule has 2 aliphatic rings. The number of pyridine rings is 1. The summed E-state index contributed by atoms with van der Waals surface area (Å²) in [4.78, 5) is 19.9. The molecule has 0 radical (unpaired) electrons. The van der Waals surface area contributed by atoms with Gasteiger partial charge in [-0.25, -0.2) is 4.98 Å². The van der Waals surface area contributed by atoms with Crippen LogP contribution < -0.4 is 4.74 Å². The lowest BCUT2D eigenvalue weighted by molar-refractivity contribution is -0.138. The van der Waals surface area contributed by atoms with Gasteiger partial charge in [-0.05, 0) is 17.7 Å². The third-order valence-corrected chi connectivity index (χ3v) is 5.82. The van der Waals surface area contributed by atoms with Crippen LogP contribution in [0.1, 0.15) is 29.5 Å². The Labute approximate surface area is 185 Å². The summed E-state index contributed by atoms with van der Waals surface area (Å²) in [5.74, 6) is -0.0445. The van der Waals surface area contributed by atoms with E-state index in [-0.39, 0.29) is 37.3 Å². The van der Waals surface area contributed by atoms with Gasteiger partial charge < -0.3 is 9.64 Å². The zero-order valence-corrected chi connectivity index (χ0v) is 17.4. The van der Waals surface area contributed by atoms with Crippen molar-refractivity contribution in [3.63, 3.8) is 0 Å². The van der Waals surface area contributed by atoms with Gasteiger partial charge in [-0.2, -0.15) is 26.3 Å². The molecule has 2 aromatic rings. The number of carbonyl (C=O) groups is 1. The lowest BCUT2D eigenvalue weighted by Gasteiger charge is -2.25. The van der Waals surface area contributed by atoms with Gasteiger partial charge in [0.05, 0.1) is 17.7 Å². The molecule has 1 amide bonds. The molecule has 0 N–H and O–H groups in total. The highest BCUT2D eigenvalue weighted by Crippen LogP contribution is 2.32. The number of halogens is 6. The fraction of sp³-hybridized carbons (Fsp3) is 0.455. The smallest absolute Gasteiger partial charge is 0.417 e. The minimum absolute atomic E-state index is 0.0407. The molecule has 5 nitrogen and oxygen atoms in total. The molecule has 2 aliphatic heterocycles. The zero-order valence-electron chi connectivity index (χ0n) is 17.4. The number of fused-ring (bicyclic) bond motifs is 1. The molecule has 33 heavy (non-hydrogen) atoms. The molecule has 0 saturated carbocycles. The van der Waals surface area contributed by atoms with Crippen LogP contribution >= 0.6 is 0 Å². The Balaban J connectivity index is 1.40. The Hall–Kier alpha value is -2.82. The molecule has 0 aliphatic carbocycles. The van der Waals surface area contributed by atoms with Crippen molar-refractivity contribution in [1.29, 1.82) is 0 Å². The maximum Gasteiger partial charge on any atom is 0.417 e. The number of rotatable bonds is 4. The lowest BCUT2D eigenvalue weighted by atomic mass is 10.1. The van der Waals surface area contributed by atoms with Crippen LogP contribution in [0.5, 0.6) is 5.88 Å². The quantitative estimate of drug-likeness (QED) is 0.619. The summed E-state index contributed by atoms with van der Waals surface area (Å²) in [6, 6.07) is 6.95. The van der Waals surface area contributed by atoms with Crippen LogP contribution in [0.2, 0.25) is 0 Å². The van der Waals surface area contributed by atoms with Crippen molar-refractivity contribution in [2.75, 3.05) is 19.6 Å². The second-order valence-corrected chi connectivity index (χ2v) is 8.24. The Morgan fingerprint density at radius 1 is 1.00 bits per heavy atom. The number of nitrogens with zero attached hydrogens (tertiary/aromatic N) is 3. The van der Waals surface area contributed by atoms with Gasteiger partial charge in [0.1, 0.15) is 6.10 Å². The van der Waals surface area contributed by atoms with Crippen LogP contribution in [0.15, 0.2) is 42.6 Å². The van der Waals surface area contributed by atoms with E-state index < -0.39 is 29.6 Å². The SMILES string of the molecule is O=C1CCN(Cc2cccc(C(F)(F)F)c2)C[C@H]2C[C@H](Oc3ccc(C(F)(F)F)cn3)CN12. The number of aromatic nitrogens is 1. The van der Waals surface area contributed by atoms with Crippen LogP contribution in [0.3, 0.4) is 0 Å². The second-order valence-electron chi connectivity index (χ2n) is 8.24. The molecule has 0 unspecified atom stereocenters. The van der Waals surface area contributed by atoms with E-state index in [4.69, 9.17) is 4.74 Å². The lowest BCUT2D eigenvalue weighted by Crippen LogP contribution is -2.38. The summed E-state index contributed by atoms with van der Waals surface area (Å²) in [7, 11) is 0. The predicted molar refractivity (Wildman–Crippen MR) is 105 cm³/mol. The van der Waals surface area contributed by atoms with E-state index in [0.717, 1.165) is 24.3 Å². The van der Waals surface area contributed by atoms with Crippen molar-refractivity contribution >= 4 is 5.91 Å². The van der Waals surface area contributed by atoms with Crippen molar-refractivity contribution in [2.45, 2.75) is 43.9 Å². The van der Waals surface area contributed by atoms with Gasteiger partial charge in [0.2, 0.25) is 11.8 Å². The van der Waals surface area contributed by atoms with Crippen molar-refractivity contribution < 1.29 is 35.9 Å². The maximum absolute atomic E-state index is 13.0. The van der Waals surface area contributed by atoms with Gasteiger partial charge in [0, 0.05) is 50.8 Å². The number of hydrogen-bond acceptors (Lipinski definition) is 4. The molecule has 11 heteroatoms. The molecular weight excluding hydrogens is 452 g/mol. The topological polar surface area (TPSA) is 45.7 Å². The summed E-state index contributed by atoms with van der Waals surface area (Å²) < 4.78 is 82.8. The third-order valence-electron chi connectivity index (χ3n) is 5.82. The van der Waals surface area contributed by atoms with E-state index in [1.54, 1.807) is 11.0 Å². The largest absolute Gasteiger partial charge is 0.472 e. The van der Waals surface area contributed by atoms with Gasteiger partial charge in [0.25, 0.3) is 0 Å². The molecule has 2 atom stereocenters. The Morgan fingerprint density at radius 2 is 1.76 bits per heavy atom. The zero-order chi connectivity index (χ0) is 23.8. The highest BCUT2D eigenvalue weighted by atomic mass is 19.4. The van der Waals surface area contributed by atoms with E-state index in [9.17, 15) is 31.1 Å². The first-order valence-electron chi connectivity index (χ1n) is 10.4. The number of hydrogen-bond donors (Lipinski definition) is 0. The fourth-order valence-corrected chi connectivity index (χ4v) is 4.26. The number of amides is 1. The Kier molecular flexibility index (Phi) is 6.26. The number of carbonyl (C=O) groups excluding carboxylic acids is 1. The summed E-state index contributed by atoms with van der Waals surface area (Å²) >= 11 is 0. The van der Waals surface area contributed by atoms with Crippen LogP contribution in [0.25, 0.3) is 0 Å². The summed E-state index contributed by atoms with van der Waals surface area (Å²) in [6.45, 7) is 1.44. The Morgan fingerprint density at radius 3 is 2.42 bits per heavy atom. The van der Waals surface area contributed by atoms with Gasteiger partial charge >= 0.3 is 12.4 Å². The van der Waals surface area contributed by atoms with E-state index >= 15 is 0 Å². The van der Waals surface area contributed by atoms with Gasteiger partial charge in [-0.3, -0.25) is 9.69 Å². The van der Waals surface area contributed by atoms with Gasteiger partial charge in [0.15, 0.2) is 0 Å². The van der Waals surface area contributed by atoms with E-state index in [2.05, 4.69) is 4.98 Å². The first-order chi connectivity index (χ1) is 15.5. The summed E-state index contributed by atoms with van der Waals surface area (Å²) in [5, 5.41) is 0. The maximum atomic E-state index is 13.0. The molecule has 3 heterocycles. The number of benzene rings is 1. The Bertz CT molecular complexity index is 993. The van der Waals surface area contributed by atoms with Crippen LogP contribution in [0, 0.1) is 0 Å². The molecule has 0 spiro atoms. The molecule has 1 aromatic carbocycles. The molecule has 4 rings (SSSR count). The number of ether oxygens (including phenoxy) is 1. The highest BCUT2D eigenvalue weighted by Gasteiger charge is 2.39. The molecule has 1 aromatic heterocycles. The molecule has 2 saturated heterocycles. The number of alkyl halides is 6.